The van der Waals surface area contributed by atoms with Crippen LogP contribution in [0, 0.1) is 5.92 Å². The number of hydrazine groups is 1. The van der Waals surface area contributed by atoms with Crippen molar-refractivity contribution < 1.29 is 4.79 Å². The van der Waals surface area contributed by atoms with Gasteiger partial charge in [-0.1, -0.05) is 44.5 Å². The third kappa shape index (κ3) is 7.16. The number of carbonyl (C=O) groups is 1. The molecule has 2 heterocycles. The predicted molar refractivity (Wildman–Crippen MR) is 135 cm³/mol. The van der Waals surface area contributed by atoms with Gasteiger partial charge in [0, 0.05) is 24.3 Å². The predicted octanol–water partition coefficient (Wildman–Crippen LogP) is 4.48. The topological polar surface area (TPSA) is 80.4 Å². The molecular weight excluding hydrogens is 436 g/mol. The maximum Gasteiger partial charge on any atom is 0.269 e. The van der Waals surface area contributed by atoms with Gasteiger partial charge >= 0.3 is 0 Å². The quantitative estimate of drug-likeness (QED) is 0.353. The highest BCUT2D eigenvalue weighted by Gasteiger charge is 2.30. The summed E-state index contributed by atoms with van der Waals surface area (Å²) in [4.78, 5) is 26.9. The van der Waals surface area contributed by atoms with E-state index in [-0.39, 0.29) is 11.5 Å². The molecule has 180 valence electrons. The van der Waals surface area contributed by atoms with Crippen LogP contribution in [0.15, 0.2) is 35.1 Å². The van der Waals surface area contributed by atoms with Gasteiger partial charge in [-0.2, -0.15) is 0 Å². The summed E-state index contributed by atoms with van der Waals surface area (Å²) in [5, 5.41) is 0.312. The SMILES string of the molecule is CC(C)C.NNC(=O)c1ccc(CCn2c(CN3CCCC3)c(C3CC3)cc(Cl)c2=O)cc1. The van der Waals surface area contributed by atoms with Gasteiger partial charge in [0.2, 0.25) is 0 Å². The Morgan fingerprint density at radius 3 is 2.30 bits per heavy atom. The lowest BCUT2D eigenvalue weighted by atomic mass is 10.1. The van der Waals surface area contributed by atoms with Crippen LogP contribution in [-0.4, -0.2) is 28.5 Å². The molecule has 1 amide bonds. The van der Waals surface area contributed by atoms with Gasteiger partial charge in [0.25, 0.3) is 11.5 Å². The summed E-state index contributed by atoms with van der Waals surface area (Å²) in [5.41, 5.74) is 5.98. The zero-order valence-electron chi connectivity index (χ0n) is 20.1. The van der Waals surface area contributed by atoms with Crippen LogP contribution in [0.4, 0.5) is 0 Å². The molecule has 1 aliphatic heterocycles. The van der Waals surface area contributed by atoms with Crippen molar-refractivity contribution in [3.63, 3.8) is 0 Å². The molecular formula is C26H37ClN4O2. The summed E-state index contributed by atoms with van der Waals surface area (Å²) in [6.07, 6.45) is 5.49. The van der Waals surface area contributed by atoms with Crippen molar-refractivity contribution in [3.8, 4) is 0 Å². The number of aryl methyl sites for hydroxylation is 1. The number of nitrogen functional groups attached to an aromatic ring is 1. The van der Waals surface area contributed by atoms with Gasteiger partial charge in [-0.05, 0) is 86.4 Å². The van der Waals surface area contributed by atoms with Crippen molar-refractivity contribution in [3.05, 3.63) is 68.1 Å². The Morgan fingerprint density at radius 1 is 1.15 bits per heavy atom. The van der Waals surface area contributed by atoms with E-state index < -0.39 is 0 Å². The Labute approximate surface area is 202 Å². The van der Waals surface area contributed by atoms with Crippen LogP contribution in [0.3, 0.4) is 0 Å². The van der Waals surface area contributed by atoms with Gasteiger partial charge in [-0.15, -0.1) is 0 Å². The summed E-state index contributed by atoms with van der Waals surface area (Å²) in [6.45, 7) is 10.1. The van der Waals surface area contributed by atoms with E-state index in [0.717, 1.165) is 36.8 Å². The number of rotatable bonds is 7. The molecule has 1 aromatic carbocycles. The van der Waals surface area contributed by atoms with Gasteiger partial charge in [-0.25, -0.2) is 5.84 Å². The monoisotopic (exact) mass is 472 g/mol. The van der Waals surface area contributed by atoms with Gasteiger partial charge in [0.15, 0.2) is 0 Å². The number of nitrogens with zero attached hydrogens (tertiary/aromatic N) is 2. The van der Waals surface area contributed by atoms with Gasteiger partial charge in [0.1, 0.15) is 5.02 Å². The third-order valence-corrected chi connectivity index (χ3v) is 6.22. The average molecular weight is 473 g/mol. The number of hydrogen-bond acceptors (Lipinski definition) is 4. The lowest BCUT2D eigenvalue weighted by Gasteiger charge is -2.22. The fourth-order valence-electron chi connectivity index (χ4n) is 4.15. The molecule has 0 atom stereocenters. The fourth-order valence-corrected chi connectivity index (χ4v) is 4.37. The summed E-state index contributed by atoms with van der Waals surface area (Å²) < 4.78 is 1.88. The molecule has 4 rings (SSSR count). The molecule has 3 N–H and O–H groups in total. The summed E-state index contributed by atoms with van der Waals surface area (Å²) in [5.74, 6) is 6.23. The first-order valence-electron chi connectivity index (χ1n) is 12.0. The molecule has 33 heavy (non-hydrogen) atoms. The Morgan fingerprint density at radius 2 is 1.76 bits per heavy atom. The Balaban J connectivity index is 0.000000709. The lowest BCUT2D eigenvalue weighted by molar-refractivity contribution is 0.0953. The van der Waals surface area contributed by atoms with Crippen molar-refractivity contribution in [1.29, 1.82) is 0 Å². The fraction of sp³-hybridized carbons (Fsp3) is 0.538. The Kier molecular flexibility index (Phi) is 9.12. The minimum absolute atomic E-state index is 0.107. The van der Waals surface area contributed by atoms with Crippen molar-refractivity contribution in [1.82, 2.24) is 14.9 Å². The highest BCUT2D eigenvalue weighted by Crippen LogP contribution is 2.42. The molecule has 2 fully saturated rings. The number of nitrogens with one attached hydrogen (secondary N) is 1. The van der Waals surface area contributed by atoms with Crippen LogP contribution in [0.1, 0.15) is 79.6 Å². The van der Waals surface area contributed by atoms with Crippen LogP contribution in [0.5, 0.6) is 0 Å². The summed E-state index contributed by atoms with van der Waals surface area (Å²) in [7, 11) is 0. The first-order chi connectivity index (χ1) is 15.8. The van der Waals surface area contributed by atoms with E-state index >= 15 is 0 Å². The van der Waals surface area contributed by atoms with E-state index in [2.05, 4.69) is 31.1 Å². The minimum Gasteiger partial charge on any atom is -0.309 e. The number of carbonyl (C=O) groups excluding carboxylic acids is 1. The number of aromatic nitrogens is 1. The maximum atomic E-state index is 12.9. The van der Waals surface area contributed by atoms with Gasteiger partial charge < -0.3 is 4.57 Å². The number of amides is 1. The van der Waals surface area contributed by atoms with E-state index in [1.807, 2.05) is 22.8 Å². The largest absolute Gasteiger partial charge is 0.309 e. The van der Waals surface area contributed by atoms with Crippen LogP contribution in [0.25, 0.3) is 0 Å². The maximum absolute atomic E-state index is 12.9. The molecule has 1 saturated heterocycles. The van der Waals surface area contributed by atoms with Crippen molar-refractivity contribution in [2.45, 2.75) is 71.9 Å². The van der Waals surface area contributed by atoms with Crippen molar-refractivity contribution >= 4 is 17.5 Å². The van der Waals surface area contributed by atoms with Crippen molar-refractivity contribution in [2.75, 3.05) is 13.1 Å². The van der Waals surface area contributed by atoms with Gasteiger partial charge in [0.05, 0.1) is 0 Å². The van der Waals surface area contributed by atoms with Crippen LogP contribution >= 0.6 is 11.6 Å². The van der Waals surface area contributed by atoms with E-state index in [1.165, 1.54) is 31.2 Å². The first-order valence-corrected chi connectivity index (χ1v) is 12.4. The molecule has 6 nitrogen and oxygen atoms in total. The number of nitrogens with two attached hydrogens (primary N) is 1. The zero-order chi connectivity index (χ0) is 24.0. The molecule has 7 heteroatoms. The molecule has 0 bridgehead atoms. The van der Waals surface area contributed by atoms with E-state index in [0.29, 0.717) is 29.5 Å². The number of halogens is 1. The lowest BCUT2D eigenvalue weighted by Crippen LogP contribution is -2.31. The molecule has 0 spiro atoms. The molecule has 2 aliphatic rings. The van der Waals surface area contributed by atoms with Crippen LogP contribution in [0.2, 0.25) is 5.02 Å². The Bertz CT molecular complexity index is 988. The third-order valence-electron chi connectivity index (χ3n) is 5.95. The molecule has 0 radical (unpaired) electrons. The number of hydrogen-bond donors (Lipinski definition) is 2. The second-order valence-corrected chi connectivity index (χ2v) is 10.2. The molecule has 0 unspecified atom stereocenters. The second-order valence-electron chi connectivity index (χ2n) is 9.76. The smallest absolute Gasteiger partial charge is 0.269 e. The van der Waals surface area contributed by atoms with Gasteiger partial charge in [-0.3, -0.25) is 19.9 Å². The highest BCUT2D eigenvalue weighted by atomic mass is 35.5. The molecule has 1 saturated carbocycles. The highest BCUT2D eigenvalue weighted by molar-refractivity contribution is 6.30. The normalized spacial score (nSPS) is 15.9. The van der Waals surface area contributed by atoms with E-state index in [9.17, 15) is 9.59 Å². The van der Waals surface area contributed by atoms with Crippen molar-refractivity contribution in [2.24, 2.45) is 11.8 Å². The molecule has 1 aliphatic carbocycles. The van der Waals surface area contributed by atoms with Crippen LogP contribution in [-0.2, 0) is 19.5 Å². The second kappa shape index (κ2) is 11.8. The molecule has 2 aromatic rings. The summed E-state index contributed by atoms with van der Waals surface area (Å²) in [6, 6.07) is 9.21. The number of benzene rings is 1. The summed E-state index contributed by atoms with van der Waals surface area (Å²) >= 11 is 6.33. The first kappa shape index (κ1) is 25.5. The zero-order valence-corrected chi connectivity index (χ0v) is 20.8. The number of pyridine rings is 1. The number of likely N-dealkylation sites (tertiary alicyclic amines) is 1. The van der Waals surface area contributed by atoms with Crippen LogP contribution < -0.4 is 16.8 Å². The average Bonchev–Trinajstić information content (AvgIpc) is 3.51. The standard InChI is InChI=1S/C22H27ClN4O2.C4H10/c23-19-13-18(16-7-8-16)20(14-26-10-1-2-11-26)27(22(19)29)12-9-15-3-5-17(6-4-15)21(28)25-24;1-4(2)3/h3-6,13,16H,1-2,7-12,14,24H2,(H,25,28);4H,1-3H3. The van der Waals surface area contributed by atoms with E-state index in [4.69, 9.17) is 17.4 Å². The molecule has 1 aromatic heterocycles. The Hall–Kier alpha value is -2.15. The minimum atomic E-state index is -0.315. The van der Waals surface area contributed by atoms with E-state index in [1.54, 1.807) is 12.1 Å².